The summed E-state index contributed by atoms with van der Waals surface area (Å²) in [5.41, 5.74) is 9.44. The Balaban J connectivity index is 2.21. The van der Waals surface area contributed by atoms with Gasteiger partial charge in [0.15, 0.2) is 0 Å². The van der Waals surface area contributed by atoms with Crippen molar-refractivity contribution in [3.05, 3.63) is 65.2 Å². The van der Waals surface area contributed by atoms with Gasteiger partial charge in [-0.2, -0.15) is 0 Å². The Labute approximate surface area is 115 Å². The Morgan fingerprint density at radius 2 is 1.74 bits per heavy atom. The van der Waals surface area contributed by atoms with Gasteiger partial charge in [0.05, 0.1) is 0 Å². The van der Waals surface area contributed by atoms with E-state index in [1.54, 1.807) is 0 Å². The predicted octanol–water partition coefficient (Wildman–Crippen LogP) is 3.64. The van der Waals surface area contributed by atoms with E-state index in [1.807, 2.05) is 18.2 Å². The van der Waals surface area contributed by atoms with Gasteiger partial charge in [-0.25, -0.2) is 0 Å². The molecule has 2 rings (SSSR count). The fourth-order valence-corrected chi connectivity index (χ4v) is 2.10. The average Bonchev–Trinajstić information content (AvgIpc) is 2.46. The molecule has 0 aromatic heterocycles. The summed E-state index contributed by atoms with van der Waals surface area (Å²) in [5.74, 6) is 0.932. The molecule has 0 saturated carbocycles. The van der Waals surface area contributed by atoms with E-state index in [4.69, 9.17) is 10.5 Å². The van der Waals surface area contributed by atoms with Gasteiger partial charge in [0, 0.05) is 6.54 Å². The summed E-state index contributed by atoms with van der Waals surface area (Å²) in [5, 5.41) is 0. The van der Waals surface area contributed by atoms with Crippen LogP contribution in [0, 0.1) is 6.92 Å². The smallest absolute Gasteiger partial charge is 0.136 e. The van der Waals surface area contributed by atoms with Crippen LogP contribution in [0.3, 0.4) is 0 Å². The van der Waals surface area contributed by atoms with E-state index in [9.17, 15) is 0 Å². The number of rotatable bonds is 5. The van der Waals surface area contributed by atoms with Crippen LogP contribution >= 0.6 is 0 Å². The quantitative estimate of drug-likeness (QED) is 0.885. The third kappa shape index (κ3) is 3.36. The van der Waals surface area contributed by atoms with Gasteiger partial charge in [-0.15, -0.1) is 0 Å². The second kappa shape index (κ2) is 6.39. The standard InChI is InChI=1S/C17H21NO/c1-3-14-6-4-5-7-16(14)19-17(12-18)15-10-8-13(2)9-11-15/h4-11,17H,3,12,18H2,1-2H3. The van der Waals surface area contributed by atoms with Crippen molar-refractivity contribution in [2.75, 3.05) is 6.54 Å². The van der Waals surface area contributed by atoms with E-state index >= 15 is 0 Å². The van der Waals surface area contributed by atoms with Gasteiger partial charge < -0.3 is 10.5 Å². The highest BCUT2D eigenvalue weighted by molar-refractivity contribution is 5.34. The summed E-state index contributed by atoms with van der Waals surface area (Å²) in [6, 6.07) is 16.5. The summed E-state index contributed by atoms with van der Waals surface area (Å²) in [6.07, 6.45) is 0.870. The van der Waals surface area contributed by atoms with Crippen LogP contribution < -0.4 is 10.5 Å². The number of benzene rings is 2. The molecule has 1 atom stereocenters. The lowest BCUT2D eigenvalue weighted by Crippen LogP contribution is -2.19. The molecule has 2 aromatic carbocycles. The molecule has 2 nitrogen and oxygen atoms in total. The number of hydrogen-bond acceptors (Lipinski definition) is 2. The molecule has 0 amide bonds. The first-order valence-electron chi connectivity index (χ1n) is 6.75. The van der Waals surface area contributed by atoms with Crippen molar-refractivity contribution in [3.8, 4) is 5.75 Å². The molecule has 0 aliphatic carbocycles. The minimum Gasteiger partial charge on any atom is -0.484 e. The predicted molar refractivity (Wildman–Crippen MR) is 79.4 cm³/mol. The Kier molecular flexibility index (Phi) is 4.58. The van der Waals surface area contributed by atoms with Crippen molar-refractivity contribution < 1.29 is 4.74 Å². The van der Waals surface area contributed by atoms with Crippen molar-refractivity contribution in [2.45, 2.75) is 26.4 Å². The van der Waals surface area contributed by atoms with Gasteiger partial charge in [-0.1, -0.05) is 55.0 Å². The molecule has 2 aromatic rings. The molecular weight excluding hydrogens is 234 g/mol. The van der Waals surface area contributed by atoms with Crippen molar-refractivity contribution in [2.24, 2.45) is 5.73 Å². The van der Waals surface area contributed by atoms with E-state index in [2.05, 4.69) is 44.2 Å². The lowest BCUT2D eigenvalue weighted by molar-refractivity contribution is 0.212. The maximum Gasteiger partial charge on any atom is 0.136 e. The van der Waals surface area contributed by atoms with Gasteiger partial charge in [-0.05, 0) is 30.5 Å². The lowest BCUT2D eigenvalue weighted by Gasteiger charge is -2.20. The fourth-order valence-electron chi connectivity index (χ4n) is 2.10. The Bertz CT molecular complexity index is 519. The molecule has 0 aliphatic rings. The highest BCUT2D eigenvalue weighted by atomic mass is 16.5. The van der Waals surface area contributed by atoms with Crippen LogP contribution in [-0.4, -0.2) is 6.54 Å². The minimum absolute atomic E-state index is 0.0895. The SMILES string of the molecule is CCc1ccccc1OC(CN)c1ccc(C)cc1. The molecule has 100 valence electrons. The van der Waals surface area contributed by atoms with E-state index in [-0.39, 0.29) is 6.10 Å². The van der Waals surface area contributed by atoms with Crippen molar-refractivity contribution in [3.63, 3.8) is 0 Å². The van der Waals surface area contributed by atoms with E-state index < -0.39 is 0 Å². The number of aryl methyl sites for hydroxylation is 2. The van der Waals surface area contributed by atoms with Crippen LogP contribution in [-0.2, 0) is 6.42 Å². The molecule has 0 aliphatic heterocycles. The monoisotopic (exact) mass is 255 g/mol. The van der Waals surface area contributed by atoms with Crippen LogP contribution in [0.1, 0.15) is 29.7 Å². The van der Waals surface area contributed by atoms with Crippen molar-refractivity contribution in [1.29, 1.82) is 0 Å². The minimum atomic E-state index is -0.0895. The van der Waals surface area contributed by atoms with Gasteiger partial charge in [0.25, 0.3) is 0 Å². The number of hydrogen-bond donors (Lipinski definition) is 1. The first kappa shape index (κ1) is 13.6. The number of nitrogens with two attached hydrogens (primary N) is 1. The second-order valence-corrected chi connectivity index (χ2v) is 4.71. The lowest BCUT2D eigenvalue weighted by atomic mass is 10.1. The van der Waals surface area contributed by atoms with Gasteiger partial charge >= 0.3 is 0 Å². The summed E-state index contributed by atoms with van der Waals surface area (Å²) >= 11 is 0. The second-order valence-electron chi connectivity index (χ2n) is 4.71. The average molecular weight is 255 g/mol. The van der Waals surface area contributed by atoms with E-state index in [1.165, 1.54) is 11.1 Å². The Hall–Kier alpha value is -1.80. The Morgan fingerprint density at radius 1 is 1.05 bits per heavy atom. The van der Waals surface area contributed by atoms with Crippen molar-refractivity contribution in [1.82, 2.24) is 0 Å². The molecular formula is C17H21NO. The van der Waals surface area contributed by atoms with Crippen LogP contribution in [0.25, 0.3) is 0 Å². The van der Waals surface area contributed by atoms with Gasteiger partial charge in [-0.3, -0.25) is 0 Å². The first-order valence-corrected chi connectivity index (χ1v) is 6.75. The van der Waals surface area contributed by atoms with Crippen LogP contribution in [0.5, 0.6) is 5.75 Å². The molecule has 0 saturated heterocycles. The summed E-state index contributed by atoms with van der Waals surface area (Å²) < 4.78 is 6.09. The number of para-hydroxylation sites is 1. The molecule has 0 radical (unpaired) electrons. The normalized spacial score (nSPS) is 12.2. The number of ether oxygens (including phenoxy) is 1. The maximum atomic E-state index is 6.09. The third-order valence-corrected chi connectivity index (χ3v) is 3.29. The summed E-state index contributed by atoms with van der Waals surface area (Å²) in [7, 11) is 0. The van der Waals surface area contributed by atoms with Crippen LogP contribution in [0.2, 0.25) is 0 Å². The largest absolute Gasteiger partial charge is 0.484 e. The molecule has 0 heterocycles. The van der Waals surface area contributed by atoms with Gasteiger partial charge in [0.1, 0.15) is 11.9 Å². The molecule has 2 heteroatoms. The van der Waals surface area contributed by atoms with Gasteiger partial charge in [0.2, 0.25) is 0 Å². The summed E-state index contributed by atoms with van der Waals surface area (Å²) in [6.45, 7) is 4.68. The topological polar surface area (TPSA) is 35.2 Å². The fraction of sp³-hybridized carbons (Fsp3) is 0.294. The molecule has 0 fully saturated rings. The zero-order chi connectivity index (χ0) is 13.7. The first-order chi connectivity index (χ1) is 9.24. The Morgan fingerprint density at radius 3 is 2.37 bits per heavy atom. The summed E-state index contributed by atoms with van der Waals surface area (Å²) in [4.78, 5) is 0. The van der Waals surface area contributed by atoms with E-state index in [0.717, 1.165) is 17.7 Å². The molecule has 0 spiro atoms. The zero-order valence-corrected chi connectivity index (χ0v) is 11.6. The maximum absolute atomic E-state index is 6.09. The third-order valence-electron chi connectivity index (χ3n) is 3.29. The highest BCUT2D eigenvalue weighted by Crippen LogP contribution is 2.25. The molecule has 2 N–H and O–H groups in total. The van der Waals surface area contributed by atoms with Crippen molar-refractivity contribution >= 4 is 0 Å². The van der Waals surface area contributed by atoms with Crippen LogP contribution in [0.15, 0.2) is 48.5 Å². The zero-order valence-electron chi connectivity index (χ0n) is 11.6. The molecule has 19 heavy (non-hydrogen) atoms. The molecule has 1 unspecified atom stereocenters. The highest BCUT2D eigenvalue weighted by Gasteiger charge is 2.12. The molecule has 0 bridgehead atoms. The van der Waals surface area contributed by atoms with Crippen LogP contribution in [0.4, 0.5) is 0 Å². The van der Waals surface area contributed by atoms with E-state index in [0.29, 0.717) is 6.54 Å².